The lowest BCUT2D eigenvalue weighted by atomic mass is 10.1. The van der Waals surface area contributed by atoms with Crippen LogP contribution in [0.2, 0.25) is 0 Å². The topological polar surface area (TPSA) is 66.4 Å². The highest BCUT2D eigenvalue weighted by Gasteiger charge is 2.19. The minimum absolute atomic E-state index is 0.334. The monoisotopic (exact) mass is 249 g/mol. The number of benzene rings is 1. The van der Waals surface area contributed by atoms with Gasteiger partial charge in [-0.25, -0.2) is 4.79 Å². The largest absolute Gasteiger partial charge is 0.480 e. The average Bonchev–Trinajstić information content (AvgIpc) is 2.31. The number of hydrogen-bond donors (Lipinski definition) is 2. The molecule has 0 saturated heterocycles. The van der Waals surface area contributed by atoms with Crippen LogP contribution in [0.3, 0.4) is 0 Å². The molecule has 0 spiro atoms. The Bertz CT molecular complexity index is 454. The van der Waals surface area contributed by atoms with Crippen LogP contribution in [0, 0.1) is 13.8 Å². The molecule has 1 amide bonds. The maximum Gasteiger partial charge on any atom is 0.326 e. The van der Waals surface area contributed by atoms with Crippen LogP contribution < -0.4 is 5.32 Å². The summed E-state index contributed by atoms with van der Waals surface area (Å²) in [5, 5.41) is 11.5. The smallest absolute Gasteiger partial charge is 0.326 e. The van der Waals surface area contributed by atoms with Crippen molar-refractivity contribution in [1.82, 2.24) is 5.32 Å². The number of nitrogens with one attached hydrogen (secondary N) is 1. The summed E-state index contributed by atoms with van der Waals surface area (Å²) >= 11 is 0. The zero-order valence-electron chi connectivity index (χ0n) is 11.0. The van der Waals surface area contributed by atoms with E-state index in [4.69, 9.17) is 5.11 Å². The summed E-state index contributed by atoms with van der Waals surface area (Å²) in [6.45, 7) is 5.78. The summed E-state index contributed by atoms with van der Waals surface area (Å²) in [5.74, 6) is -1.33. The van der Waals surface area contributed by atoms with Crippen LogP contribution in [0.1, 0.15) is 41.3 Å². The van der Waals surface area contributed by atoms with Gasteiger partial charge < -0.3 is 10.4 Å². The third-order valence-corrected chi connectivity index (χ3v) is 2.95. The Kier molecular flexibility index (Phi) is 4.89. The highest BCUT2D eigenvalue weighted by Crippen LogP contribution is 2.10. The molecule has 2 N–H and O–H groups in total. The van der Waals surface area contributed by atoms with Crippen LogP contribution in [0.25, 0.3) is 0 Å². The molecule has 1 atom stereocenters. The van der Waals surface area contributed by atoms with Crippen LogP contribution in [0.15, 0.2) is 18.2 Å². The quantitative estimate of drug-likeness (QED) is 0.841. The van der Waals surface area contributed by atoms with Crippen molar-refractivity contribution in [2.45, 2.75) is 39.7 Å². The molecule has 0 unspecified atom stereocenters. The van der Waals surface area contributed by atoms with Crippen LogP contribution in [0.4, 0.5) is 0 Å². The molecule has 0 bridgehead atoms. The molecule has 1 aromatic carbocycles. The van der Waals surface area contributed by atoms with Crippen molar-refractivity contribution in [3.8, 4) is 0 Å². The molecule has 0 saturated carbocycles. The van der Waals surface area contributed by atoms with Crippen LogP contribution in [-0.4, -0.2) is 23.0 Å². The first kappa shape index (κ1) is 14.2. The highest BCUT2D eigenvalue weighted by molar-refractivity contribution is 5.96. The Hall–Kier alpha value is -1.84. The highest BCUT2D eigenvalue weighted by atomic mass is 16.4. The molecule has 0 fully saturated rings. The maximum absolute atomic E-state index is 11.9. The molecular weight excluding hydrogens is 230 g/mol. The summed E-state index contributed by atoms with van der Waals surface area (Å²) in [4.78, 5) is 22.9. The Morgan fingerprint density at radius 3 is 2.44 bits per heavy atom. The third-order valence-electron chi connectivity index (χ3n) is 2.95. The van der Waals surface area contributed by atoms with Gasteiger partial charge in [-0.2, -0.15) is 0 Å². The third kappa shape index (κ3) is 3.58. The zero-order chi connectivity index (χ0) is 13.7. The molecule has 18 heavy (non-hydrogen) atoms. The van der Waals surface area contributed by atoms with E-state index in [1.807, 2.05) is 26.8 Å². The number of carboxylic acids is 1. The van der Waals surface area contributed by atoms with Crippen molar-refractivity contribution in [3.05, 3.63) is 34.9 Å². The maximum atomic E-state index is 11.9. The molecule has 1 aromatic rings. The van der Waals surface area contributed by atoms with Crippen molar-refractivity contribution < 1.29 is 14.7 Å². The lowest BCUT2D eigenvalue weighted by Crippen LogP contribution is -2.40. The molecule has 4 nitrogen and oxygen atoms in total. The van der Waals surface area contributed by atoms with Gasteiger partial charge in [0.15, 0.2) is 0 Å². The zero-order valence-corrected chi connectivity index (χ0v) is 11.0. The van der Waals surface area contributed by atoms with Crippen molar-refractivity contribution in [2.24, 2.45) is 0 Å². The fourth-order valence-corrected chi connectivity index (χ4v) is 1.67. The number of rotatable bonds is 5. The molecule has 0 aliphatic heterocycles. The second kappa shape index (κ2) is 6.19. The summed E-state index contributed by atoms with van der Waals surface area (Å²) in [6, 6.07) is 4.53. The standard InChI is InChI=1S/C14H19NO3/c1-4-5-12(14(17)18)15-13(16)11-7-6-9(2)10(3)8-11/h6-8,12H,4-5H2,1-3H3,(H,15,16)(H,17,18)/t12-/m1/s1. The Morgan fingerprint density at radius 2 is 1.94 bits per heavy atom. The lowest BCUT2D eigenvalue weighted by Gasteiger charge is -2.14. The van der Waals surface area contributed by atoms with Gasteiger partial charge in [0, 0.05) is 5.56 Å². The molecule has 0 aliphatic rings. The normalized spacial score (nSPS) is 11.9. The van der Waals surface area contributed by atoms with Gasteiger partial charge in [-0.05, 0) is 43.5 Å². The van der Waals surface area contributed by atoms with E-state index in [9.17, 15) is 9.59 Å². The summed E-state index contributed by atoms with van der Waals surface area (Å²) in [6.07, 6.45) is 1.15. The number of carbonyl (C=O) groups is 2. The van der Waals surface area contributed by atoms with E-state index >= 15 is 0 Å². The van der Waals surface area contributed by atoms with Crippen molar-refractivity contribution in [1.29, 1.82) is 0 Å². The fraction of sp³-hybridized carbons (Fsp3) is 0.429. The van der Waals surface area contributed by atoms with E-state index in [1.165, 1.54) is 0 Å². The van der Waals surface area contributed by atoms with Gasteiger partial charge in [0.05, 0.1) is 0 Å². The summed E-state index contributed by atoms with van der Waals surface area (Å²) in [7, 11) is 0. The van der Waals surface area contributed by atoms with E-state index < -0.39 is 12.0 Å². The van der Waals surface area contributed by atoms with Crippen LogP contribution in [-0.2, 0) is 4.79 Å². The molecule has 0 heterocycles. The summed E-state index contributed by atoms with van der Waals surface area (Å²) in [5.41, 5.74) is 2.63. The van der Waals surface area contributed by atoms with Crippen molar-refractivity contribution >= 4 is 11.9 Å². The first-order chi connectivity index (χ1) is 8.45. The SMILES string of the molecule is CCC[C@@H](NC(=O)c1ccc(C)c(C)c1)C(=O)O. The second-order valence-electron chi connectivity index (χ2n) is 4.45. The molecule has 1 rings (SSSR count). The summed E-state index contributed by atoms with van der Waals surface area (Å²) < 4.78 is 0. The van der Waals surface area contributed by atoms with Gasteiger partial charge in [0.25, 0.3) is 5.91 Å². The second-order valence-corrected chi connectivity index (χ2v) is 4.45. The van der Waals surface area contributed by atoms with Gasteiger partial charge in [0.1, 0.15) is 6.04 Å². The minimum Gasteiger partial charge on any atom is -0.480 e. The molecule has 0 radical (unpaired) electrons. The molecule has 0 aromatic heterocycles. The van der Waals surface area contributed by atoms with E-state index in [0.29, 0.717) is 18.4 Å². The number of hydrogen-bond acceptors (Lipinski definition) is 2. The number of carboxylic acid groups (broad SMARTS) is 1. The predicted octanol–water partition coefficient (Wildman–Crippen LogP) is 2.29. The van der Waals surface area contributed by atoms with Gasteiger partial charge in [0.2, 0.25) is 0 Å². The number of aryl methyl sites for hydroxylation is 2. The van der Waals surface area contributed by atoms with Crippen LogP contribution in [0.5, 0.6) is 0 Å². The number of aliphatic carboxylic acids is 1. The van der Waals surface area contributed by atoms with Crippen LogP contribution >= 0.6 is 0 Å². The first-order valence-corrected chi connectivity index (χ1v) is 6.06. The van der Waals surface area contributed by atoms with Gasteiger partial charge in [-0.3, -0.25) is 4.79 Å². The fourth-order valence-electron chi connectivity index (χ4n) is 1.67. The minimum atomic E-state index is -0.992. The van der Waals surface area contributed by atoms with Gasteiger partial charge >= 0.3 is 5.97 Å². The predicted molar refractivity (Wildman–Crippen MR) is 69.7 cm³/mol. The number of amides is 1. The van der Waals surface area contributed by atoms with Gasteiger partial charge in [-0.1, -0.05) is 19.4 Å². The molecule has 0 aliphatic carbocycles. The molecule has 4 heteroatoms. The Labute approximate surface area is 107 Å². The van der Waals surface area contributed by atoms with E-state index in [1.54, 1.807) is 12.1 Å². The number of carbonyl (C=O) groups excluding carboxylic acids is 1. The first-order valence-electron chi connectivity index (χ1n) is 6.06. The van der Waals surface area contributed by atoms with Crippen molar-refractivity contribution in [3.63, 3.8) is 0 Å². The van der Waals surface area contributed by atoms with Gasteiger partial charge in [-0.15, -0.1) is 0 Å². The molecule has 98 valence electrons. The lowest BCUT2D eigenvalue weighted by molar-refractivity contribution is -0.139. The molecular formula is C14H19NO3. The van der Waals surface area contributed by atoms with E-state index in [2.05, 4.69) is 5.32 Å². The average molecular weight is 249 g/mol. The Balaban J connectivity index is 2.80. The van der Waals surface area contributed by atoms with E-state index in [-0.39, 0.29) is 5.91 Å². The van der Waals surface area contributed by atoms with Crippen molar-refractivity contribution in [2.75, 3.05) is 0 Å². The van der Waals surface area contributed by atoms with E-state index in [0.717, 1.165) is 11.1 Å². The Morgan fingerprint density at radius 1 is 1.28 bits per heavy atom.